The highest BCUT2D eigenvalue weighted by molar-refractivity contribution is 9.10. The van der Waals surface area contributed by atoms with Gasteiger partial charge >= 0.3 is 0 Å². The monoisotopic (exact) mass is 347 g/mol. The van der Waals surface area contributed by atoms with Crippen molar-refractivity contribution >= 4 is 43.0 Å². The molecule has 4 nitrogen and oxygen atoms in total. The van der Waals surface area contributed by atoms with Gasteiger partial charge in [0.1, 0.15) is 5.75 Å². The molecule has 0 spiro atoms. The first-order chi connectivity index (χ1) is 8.53. The van der Waals surface area contributed by atoms with Crippen LogP contribution in [0.2, 0.25) is 0 Å². The molecule has 0 saturated carbocycles. The number of nitrogens with one attached hydrogen (secondary N) is 1. The van der Waals surface area contributed by atoms with E-state index >= 15 is 0 Å². The zero-order valence-corrected chi connectivity index (χ0v) is 12.6. The summed E-state index contributed by atoms with van der Waals surface area (Å²) >= 11 is 4.37. The van der Waals surface area contributed by atoms with Gasteiger partial charge in [-0.25, -0.2) is 8.42 Å². The highest BCUT2D eigenvalue weighted by Gasteiger charge is 2.19. The summed E-state index contributed by atoms with van der Waals surface area (Å²) < 4.78 is 32.6. The van der Waals surface area contributed by atoms with Crippen molar-refractivity contribution in [2.75, 3.05) is 11.8 Å². The Morgan fingerprint density at radius 1 is 1.33 bits per heavy atom. The van der Waals surface area contributed by atoms with Gasteiger partial charge in [-0.2, -0.15) is 0 Å². The van der Waals surface area contributed by atoms with Crippen LogP contribution in [-0.2, 0) is 10.0 Å². The fourth-order valence-electron chi connectivity index (χ4n) is 1.36. The van der Waals surface area contributed by atoms with Gasteiger partial charge in [0.15, 0.2) is 4.21 Å². The van der Waals surface area contributed by atoms with Gasteiger partial charge in [-0.3, -0.25) is 4.72 Å². The molecule has 1 aromatic carbocycles. The van der Waals surface area contributed by atoms with Crippen LogP contribution in [0.15, 0.2) is 44.4 Å². The number of anilines is 1. The third-order valence-electron chi connectivity index (χ3n) is 2.15. The van der Waals surface area contributed by atoms with Gasteiger partial charge in [-0.1, -0.05) is 6.07 Å². The lowest BCUT2D eigenvalue weighted by molar-refractivity contribution is 0.415. The van der Waals surface area contributed by atoms with Gasteiger partial charge < -0.3 is 4.74 Å². The SMILES string of the molecule is COc1cccc(NS(=O)(=O)c2sccc2Br)c1. The number of hydrogen-bond acceptors (Lipinski definition) is 4. The summed E-state index contributed by atoms with van der Waals surface area (Å²) in [5.74, 6) is 0.598. The molecule has 0 saturated heterocycles. The molecule has 1 heterocycles. The van der Waals surface area contributed by atoms with Gasteiger partial charge in [0.05, 0.1) is 12.8 Å². The van der Waals surface area contributed by atoms with Crippen molar-refractivity contribution in [3.8, 4) is 5.75 Å². The van der Waals surface area contributed by atoms with Crippen LogP contribution in [0.5, 0.6) is 5.75 Å². The molecule has 0 aliphatic rings. The fourth-order valence-corrected chi connectivity index (χ4v) is 4.75. The first-order valence-corrected chi connectivity index (χ1v) is 8.08. The van der Waals surface area contributed by atoms with Crippen molar-refractivity contribution in [1.29, 1.82) is 0 Å². The number of methoxy groups -OCH3 is 1. The number of ether oxygens (including phenoxy) is 1. The van der Waals surface area contributed by atoms with Crippen molar-refractivity contribution in [3.63, 3.8) is 0 Å². The quantitative estimate of drug-likeness (QED) is 0.922. The predicted octanol–water partition coefficient (Wildman–Crippen LogP) is 3.32. The summed E-state index contributed by atoms with van der Waals surface area (Å²) in [6.45, 7) is 0. The van der Waals surface area contributed by atoms with E-state index in [2.05, 4.69) is 20.7 Å². The lowest BCUT2D eigenvalue weighted by Gasteiger charge is -2.08. The summed E-state index contributed by atoms with van der Waals surface area (Å²) in [6.07, 6.45) is 0. The van der Waals surface area contributed by atoms with Crippen LogP contribution in [0.3, 0.4) is 0 Å². The molecule has 96 valence electrons. The van der Waals surface area contributed by atoms with Crippen LogP contribution in [0.25, 0.3) is 0 Å². The normalized spacial score (nSPS) is 11.2. The topological polar surface area (TPSA) is 55.4 Å². The molecule has 0 bridgehead atoms. The number of rotatable bonds is 4. The van der Waals surface area contributed by atoms with Crippen molar-refractivity contribution in [2.45, 2.75) is 4.21 Å². The minimum atomic E-state index is -3.56. The Morgan fingerprint density at radius 3 is 2.72 bits per heavy atom. The first kappa shape index (κ1) is 13.4. The van der Waals surface area contributed by atoms with E-state index in [0.29, 0.717) is 15.9 Å². The van der Waals surface area contributed by atoms with Crippen molar-refractivity contribution in [1.82, 2.24) is 0 Å². The molecule has 0 aliphatic heterocycles. The molecule has 1 aromatic heterocycles. The average Bonchev–Trinajstić information content (AvgIpc) is 2.76. The lowest BCUT2D eigenvalue weighted by atomic mass is 10.3. The zero-order chi connectivity index (χ0) is 13.2. The van der Waals surface area contributed by atoms with Crippen LogP contribution >= 0.6 is 27.3 Å². The number of halogens is 1. The minimum absolute atomic E-state index is 0.255. The number of thiophene rings is 1. The molecular formula is C11H10BrNO3S2. The summed E-state index contributed by atoms with van der Waals surface area (Å²) in [4.78, 5) is 0. The van der Waals surface area contributed by atoms with Gasteiger partial charge in [0.2, 0.25) is 0 Å². The lowest BCUT2D eigenvalue weighted by Crippen LogP contribution is -2.11. The second kappa shape index (κ2) is 5.29. The zero-order valence-electron chi connectivity index (χ0n) is 9.38. The van der Waals surface area contributed by atoms with Gasteiger partial charge in [0, 0.05) is 10.5 Å². The first-order valence-electron chi connectivity index (χ1n) is 4.93. The highest BCUT2D eigenvalue weighted by Crippen LogP contribution is 2.29. The van der Waals surface area contributed by atoms with Crippen LogP contribution in [-0.4, -0.2) is 15.5 Å². The smallest absolute Gasteiger partial charge is 0.272 e. The van der Waals surface area contributed by atoms with Crippen molar-refractivity contribution in [3.05, 3.63) is 40.2 Å². The molecule has 18 heavy (non-hydrogen) atoms. The van der Waals surface area contributed by atoms with E-state index in [1.54, 1.807) is 35.7 Å². The number of hydrogen-bond donors (Lipinski definition) is 1. The summed E-state index contributed by atoms with van der Waals surface area (Å²) in [5, 5.41) is 1.71. The Labute approximate surface area is 118 Å². The Balaban J connectivity index is 2.31. The molecule has 0 radical (unpaired) electrons. The van der Waals surface area contributed by atoms with E-state index in [-0.39, 0.29) is 4.21 Å². The summed E-state index contributed by atoms with van der Waals surface area (Å²) in [5.41, 5.74) is 0.467. The maximum Gasteiger partial charge on any atom is 0.272 e. The third-order valence-corrected chi connectivity index (χ3v) is 6.20. The number of sulfonamides is 1. The largest absolute Gasteiger partial charge is 0.497 e. The van der Waals surface area contributed by atoms with Crippen molar-refractivity contribution in [2.24, 2.45) is 0 Å². The second-order valence-electron chi connectivity index (χ2n) is 3.39. The molecule has 0 fully saturated rings. The van der Waals surface area contributed by atoms with E-state index in [1.807, 2.05) is 0 Å². The minimum Gasteiger partial charge on any atom is -0.497 e. The summed E-state index contributed by atoms with van der Waals surface area (Å²) in [7, 11) is -2.03. The Hall–Kier alpha value is -1.05. The molecule has 0 amide bonds. The average molecular weight is 348 g/mol. The van der Waals surface area contributed by atoms with Crippen LogP contribution in [0, 0.1) is 0 Å². The second-order valence-corrected chi connectivity index (χ2v) is 7.04. The van der Waals surface area contributed by atoms with Gasteiger partial charge in [0.25, 0.3) is 10.0 Å². The molecule has 0 unspecified atom stereocenters. The van der Waals surface area contributed by atoms with Gasteiger partial charge in [-0.15, -0.1) is 11.3 Å². The maximum absolute atomic E-state index is 12.1. The van der Waals surface area contributed by atoms with Gasteiger partial charge in [-0.05, 0) is 39.5 Å². The third kappa shape index (κ3) is 2.85. The Morgan fingerprint density at radius 2 is 2.11 bits per heavy atom. The van der Waals surface area contributed by atoms with E-state index in [4.69, 9.17) is 4.74 Å². The summed E-state index contributed by atoms with van der Waals surface area (Å²) in [6, 6.07) is 8.46. The van der Waals surface area contributed by atoms with Crippen LogP contribution < -0.4 is 9.46 Å². The molecular weight excluding hydrogens is 338 g/mol. The van der Waals surface area contributed by atoms with E-state index in [9.17, 15) is 8.42 Å². The fraction of sp³-hybridized carbons (Fsp3) is 0.0909. The Bertz CT molecular complexity index is 652. The molecule has 7 heteroatoms. The highest BCUT2D eigenvalue weighted by atomic mass is 79.9. The standard InChI is InChI=1S/C11H10BrNO3S2/c1-16-9-4-2-3-8(7-9)13-18(14,15)11-10(12)5-6-17-11/h2-7,13H,1H3. The molecule has 1 N–H and O–H groups in total. The molecule has 2 aromatic rings. The van der Waals surface area contributed by atoms with E-state index < -0.39 is 10.0 Å². The molecule has 2 rings (SSSR count). The molecule has 0 atom stereocenters. The van der Waals surface area contributed by atoms with Crippen LogP contribution in [0.4, 0.5) is 5.69 Å². The Kier molecular flexibility index (Phi) is 3.94. The molecule has 0 aliphatic carbocycles. The predicted molar refractivity (Wildman–Crippen MR) is 75.8 cm³/mol. The number of benzene rings is 1. The van der Waals surface area contributed by atoms with E-state index in [1.165, 1.54) is 7.11 Å². The maximum atomic E-state index is 12.1. The van der Waals surface area contributed by atoms with Crippen molar-refractivity contribution < 1.29 is 13.2 Å². The van der Waals surface area contributed by atoms with E-state index in [0.717, 1.165) is 11.3 Å². The van der Waals surface area contributed by atoms with Crippen LogP contribution in [0.1, 0.15) is 0 Å².